The topological polar surface area (TPSA) is 77.1 Å². The SMILES string of the molecule is CC(c1ncno1)N1CCC(Cn2nc3c(cc2=O)CCC3)CC1. The van der Waals surface area contributed by atoms with E-state index in [1.165, 1.54) is 6.33 Å². The standard InChI is InChI=1S/C17H23N5O2/c1-12(17-18-11-19-24-17)21-7-5-13(6-8-21)10-22-16(23)9-14-3-2-4-15(14)20-22/h9,11-13H,2-8,10H2,1H3. The summed E-state index contributed by atoms with van der Waals surface area (Å²) in [5.41, 5.74) is 2.33. The molecule has 4 rings (SSSR count). The van der Waals surface area contributed by atoms with Gasteiger partial charge in [-0.3, -0.25) is 9.69 Å². The van der Waals surface area contributed by atoms with Crippen LogP contribution in [0, 0.1) is 5.92 Å². The van der Waals surface area contributed by atoms with Crippen molar-refractivity contribution in [2.45, 2.75) is 51.6 Å². The van der Waals surface area contributed by atoms with Crippen LogP contribution >= 0.6 is 0 Å². The lowest BCUT2D eigenvalue weighted by molar-refractivity contribution is 0.112. The summed E-state index contributed by atoms with van der Waals surface area (Å²) in [7, 11) is 0. The number of likely N-dealkylation sites (tertiary alicyclic amines) is 1. The van der Waals surface area contributed by atoms with Crippen molar-refractivity contribution in [2.24, 2.45) is 5.92 Å². The van der Waals surface area contributed by atoms with Gasteiger partial charge >= 0.3 is 0 Å². The largest absolute Gasteiger partial charge is 0.338 e. The maximum Gasteiger partial charge on any atom is 0.267 e. The molecular formula is C17H23N5O2. The second kappa shape index (κ2) is 6.47. The highest BCUT2D eigenvalue weighted by molar-refractivity contribution is 5.22. The van der Waals surface area contributed by atoms with Gasteiger partial charge in [-0.15, -0.1) is 0 Å². The van der Waals surface area contributed by atoms with E-state index in [1.807, 2.05) is 0 Å². The fourth-order valence-electron chi connectivity index (χ4n) is 3.86. The molecule has 0 saturated carbocycles. The predicted molar refractivity (Wildman–Crippen MR) is 87.5 cm³/mol. The first kappa shape index (κ1) is 15.5. The lowest BCUT2D eigenvalue weighted by Gasteiger charge is -2.34. The Labute approximate surface area is 140 Å². The van der Waals surface area contributed by atoms with Gasteiger partial charge < -0.3 is 4.52 Å². The molecule has 1 atom stereocenters. The van der Waals surface area contributed by atoms with E-state index in [9.17, 15) is 4.79 Å². The summed E-state index contributed by atoms with van der Waals surface area (Å²) in [6.45, 7) is 4.79. The van der Waals surface area contributed by atoms with Crippen LogP contribution in [0.2, 0.25) is 0 Å². The minimum Gasteiger partial charge on any atom is -0.338 e. The monoisotopic (exact) mass is 329 g/mol. The maximum atomic E-state index is 12.2. The van der Waals surface area contributed by atoms with E-state index in [0.29, 0.717) is 11.8 Å². The van der Waals surface area contributed by atoms with E-state index in [0.717, 1.165) is 63.0 Å². The molecule has 3 heterocycles. The van der Waals surface area contributed by atoms with Crippen LogP contribution in [0.4, 0.5) is 0 Å². The number of hydrogen-bond donors (Lipinski definition) is 0. The van der Waals surface area contributed by atoms with Crippen molar-refractivity contribution in [2.75, 3.05) is 13.1 Å². The third-order valence-electron chi connectivity index (χ3n) is 5.39. The van der Waals surface area contributed by atoms with Crippen LogP contribution in [0.3, 0.4) is 0 Å². The molecule has 0 amide bonds. The molecule has 1 aliphatic carbocycles. The fraction of sp³-hybridized carbons (Fsp3) is 0.647. The Balaban J connectivity index is 1.38. The Morgan fingerprint density at radius 2 is 2.17 bits per heavy atom. The molecule has 2 aromatic heterocycles. The number of hydrogen-bond acceptors (Lipinski definition) is 6. The Bertz CT molecular complexity index is 747. The molecule has 1 unspecified atom stereocenters. The molecule has 24 heavy (non-hydrogen) atoms. The van der Waals surface area contributed by atoms with E-state index in [4.69, 9.17) is 4.52 Å². The van der Waals surface area contributed by atoms with Gasteiger partial charge in [-0.1, -0.05) is 5.16 Å². The molecule has 0 radical (unpaired) electrons. The van der Waals surface area contributed by atoms with Crippen LogP contribution in [0.25, 0.3) is 0 Å². The quantitative estimate of drug-likeness (QED) is 0.848. The van der Waals surface area contributed by atoms with Crippen molar-refractivity contribution in [3.63, 3.8) is 0 Å². The normalized spacial score (nSPS) is 20.2. The van der Waals surface area contributed by atoms with E-state index in [2.05, 4.69) is 27.1 Å². The van der Waals surface area contributed by atoms with Gasteiger partial charge in [0.15, 0.2) is 6.33 Å². The number of aryl methyl sites for hydroxylation is 2. The molecule has 128 valence electrons. The molecule has 7 nitrogen and oxygen atoms in total. The first-order valence-corrected chi connectivity index (χ1v) is 8.81. The highest BCUT2D eigenvalue weighted by Gasteiger charge is 2.27. The van der Waals surface area contributed by atoms with Crippen molar-refractivity contribution in [1.29, 1.82) is 0 Å². The Hall–Kier alpha value is -2.02. The molecule has 1 fully saturated rings. The van der Waals surface area contributed by atoms with Crippen LogP contribution in [0.5, 0.6) is 0 Å². The second-order valence-corrected chi connectivity index (χ2v) is 6.92. The van der Waals surface area contributed by atoms with Crippen LogP contribution in [0.15, 0.2) is 21.7 Å². The first-order chi connectivity index (χ1) is 11.7. The molecule has 7 heteroatoms. The van der Waals surface area contributed by atoms with Gasteiger partial charge in [-0.25, -0.2) is 4.68 Å². The summed E-state index contributed by atoms with van der Waals surface area (Å²) in [5, 5.41) is 8.29. The summed E-state index contributed by atoms with van der Waals surface area (Å²) in [6.07, 6.45) is 6.70. The maximum absolute atomic E-state index is 12.2. The van der Waals surface area contributed by atoms with Gasteiger partial charge in [0, 0.05) is 12.6 Å². The molecule has 1 aliphatic heterocycles. The minimum atomic E-state index is 0.0531. The summed E-state index contributed by atoms with van der Waals surface area (Å²) in [5.74, 6) is 1.17. The third kappa shape index (κ3) is 3.00. The van der Waals surface area contributed by atoms with Gasteiger partial charge in [-0.05, 0) is 63.6 Å². The third-order valence-corrected chi connectivity index (χ3v) is 5.39. The fourth-order valence-corrected chi connectivity index (χ4v) is 3.86. The van der Waals surface area contributed by atoms with E-state index >= 15 is 0 Å². The van der Waals surface area contributed by atoms with Crippen molar-refractivity contribution in [3.8, 4) is 0 Å². The Kier molecular flexibility index (Phi) is 4.18. The molecule has 0 spiro atoms. The summed E-state index contributed by atoms with van der Waals surface area (Å²) in [6, 6.07) is 1.94. The number of rotatable bonds is 4. The molecular weight excluding hydrogens is 306 g/mol. The van der Waals surface area contributed by atoms with Crippen molar-refractivity contribution in [3.05, 3.63) is 39.9 Å². The summed E-state index contributed by atoms with van der Waals surface area (Å²) >= 11 is 0. The van der Waals surface area contributed by atoms with Gasteiger partial charge in [0.25, 0.3) is 5.56 Å². The van der Waals surface area contributed by atoms with Gasteiger partial charge in [-0.2, -0.15) is 10.1 Å². The van der Waals surface area contributed by atoms with Crippen molar-refractivity contribution < 1.29 is 4.52 Å². The van der Waals surface area contributed by atoms with Crippen molar-refractivity contribution in [1.82, 2.24) is 24.8 Å². The number of fused-ring (bicyclic) bond motifs is 1. The van der Waals surface area contributed by atoms with Gasteiger partial charge in [0.2, 0.25) is 5.89 Å². The molecule has 0 N–H and O–H groups in total. The smallest absolute Gasteiger partial charge is 0.267 e. The van der Waals surface area contributed by atoms with Crippen LogP contribution in [-0.4, -0.2) is 37.9 Å². The lowest BCUT2D eigenvalue weighted by atomic mass is 9.96. The molecule has 1 saturated heterocycles. The summed E-state index contributed by atoms with van der Waals surface area (Å²) in [4.78, 5) is 18.8. The van der Waals surface area contributed by atoms with E-state index in [1.54, 1.807) is 10.7 Å². The van der Waals surface area contributed by atoms with Gasteiger partial charge in [0.1, 0.15) is 0 Å². The minimum absolute atomic E-state index is 0.0531. The van der Waals surface area contributed by atoms with E-state index in [-0.39, 0.29) is 11.6 Å². The molecule has 2 aromatic rings. The van der Waals surface area contributed by atoms with E-state index < -0.39 is 0 Å². The molecule has 0 aromatic carbocycles. The zero-order valence-electron chi connectivity index (χ0n) is 14.0. The zero-order chi connectivity index (χ0) is 16.5. The van der Waals surface area contributed by atoms with Crippen LogP contribution < -0.4 is 5.56 Å². The highest BCUT2D eigenvalue weighted by Crippen LogP contribution is 2.26. The molecule has 2 aliphatic rings. The summed E-state index contributed by atoms with van der Waals surface area (Å²) < 4.78 is 6.86. The lowest BCUT2D eigenvalue weighted by Crippen LogP contribution is -2.38. The number of nitrogens with zero attached hydrogens (tertiary/aromatic N) is 5. The number of piperidine rings is 1. The van der Waals surface area contributed by atoms with Crippen molar-refractivity contribution >= 4 is 0 Å². The highest BCUT2D eigenvalue weighted by atomic mass is 16.5. The average molecular weight is 329 g/mol. The predicted octanol–water partition coefficient (Wildman–Crippen LogP) is 1.59. The van der Waals surface area contributed by atoms with Gasteiger partial charge in [0.05, 0.1) is 11.7 Å². The first-order valence-electron chi connectivity index (χ1n) is 8.81. The zero-order valence-corrected chi connectivity index (χ0v) is 14.0. The molecule has 0 bridgehead atoms. The number of aromatic nitrogens is 4. The van der Waals surface area contributed by atoms with Crippen LogP contribution in [0.1, 0.15) is 49.4 Å². The van der Waals surface area contributed by atoms with Crippen LogP contribution in [-0.2, 0) is 19.4 Å². The Morgan fingerprint density at radius 1 is 1.33 bits per heavy atom. The average Bonchev–Trinajstić information content (AvgIpc) is 3.26. The Morgan fingerprint density at radius 3 is 2.92 bits per heavy atom. The second-order valence-electron chi connectivity index (χ2n) is 6.92.